The number of hydrogen-bond donors (Lipinski definition) is 3. The first-order chi connectivity index (χ1) is 16.6. The summed E-state index contributed by atoms with van der Waals surface area (Å²) in [5.41, 5.74) is 8.15. The Labute approximate surface area is 203 Å². The Balaban J connectivity index is 1.70. The highest BCUT2D eigenvalue weighted by atomic mass is 32.2. The van der Waals surface area contributed by atoms with E-state index in [1.807, 2.05) is 6.92 Å². The number of thiol groups is 1. The fourth-order valence-electron chi connectivity index (χ4n) is 4.74. The second kappa shape index (κ2) is 9.91. The Morgan fingerprint density at radius 1 is 1.14 bits per heavy atom. The van der Waals surface area contributed by atoms with Crippen LogP contribution in [-0.4, -0.2) is 30.2 Å². The predicted molar refractivity (Wildman–Crippen MR) is 129 cm³/mol. The van der Waals surface area contributed by atoms with E-state index in [9.17, 15) is 27.9 Å². The summed E-state index contributed by atoms with van der Waals surface area (Å²) >= 11 is 0. The van der Waals surface area contributed by atoms with Crippen LogP contribution >= 0.6 is 10.9 Å². The molecule has 9 heteroatoms. The molecule has 35 heavy (non-hydrogen) atoms. The largest absolute Gasteiger partial charge is 0.478 e. The van der Waals surface area contributed by atoms with E-state index >= 15 is 0 Å². The quantitative estimate of drug-likeness (QED) is 0.432. The van der Waals surface area contributed by atoms with E-state index in [-0.39, 0.29) is 10.8 Å². The van der Waals surface area contributed by atoms with Crippen LogP contribution in [0.15, 0.2) is 69.5 Å². The number of allylic oxidation sites excluding steroid dienone is 1. The highest BCUT2D eigenvalue weighted by Crippen LogP contribution is 2.63. The standard InChI is InChI=1S/C26H26F3NO4S/c1-15(17-6-8-18(9-7-17)25(32)33)35-21(23(24(30)31)20-11-12-34-14-22(20)35)10-5-16-3-2-4-19(13-16)26(27,28)29/h2-4,6-9,13,15,35H,5,10-12,14H2,1H3,(H2,30,31)(H,32,33)/t15-/m0/s1. The average Bonchev–Trinajstić information content (AvgIpc) is 3.16. The van der Waals surface area contributed by atoms with Crippen LogP contribution in [0.3, 0.4) is 0 Å². The Bertz CT molecular complexity index is 1220. The topological polar surface area (TPSA) is 89.6 Å². The van der Waals surface area contributed by atoms with Gasteiger partial charge in [-0.05, 0) is 64.0 Å². The van der Waals surface area contributed by atoms with Crippen LogP contribution in [0.2, 0.25) is 0 Å². The lowest BCUT2D eigenvalue weighted by Gasteiger charge is -2.32. The summed E-state index contributed by atoms with van der Waals surface area (Å²) < 4.78 is 45.3. The summed E-state index contributed by atoms with van der Waals surface area (Å²) in [6.45, 7) is 2.87. The number of halogens is 3. The second-order valence-corrected chi connectivity index (χ2v) is 11.2. The van der Waals surface area contributed by atoms with E-state index in [0.29, 0.717) is 43.6 Å². The van der Waals surface area contributed by atoms with Crippen molar-refractivity contribution >= 4 is 22.8 Å². The molecular formula is C26H26F3NO4S. The number of amides is 1. The molecule has 2 atom stereocenters. The molecule has 0 aromatic heterocycles. The number of hydrogen-bond acceptors (Lipinski definition) is 3. The summed E-state index contributed by atoms with van der Waals surface area (Å²) in [5.74, 6) is -1.55. The van der Waals surface area contributed by atoms with Gasteiger partial charge in [-0.2, -0.15) is 24.1 Å². The van der Waals surface area contributed by atoms with Crippen molar-refractivity contribution in [1.82, 2.24) is 0 Å². The first-order valence-corrected chi connectivity index (χ1v) is 12.6. The van der Waals surface area contributed by atoms with Crippen molar-refractivity contribution in [2.75, 3.05) is 13.2 Å². The highest BCUT2D eigenvalue weighted by Gasteiger charge is 2.38. The first kappa shape index (κ1) is 25.1. The van der Waals surface area contributed by atoms with E-state index in [2.05, 4.69) is 0 Å². The predicted octanol–water partition coefficient (Wildman–Crippen LogP) is 5.53. The number of rotatable bonds is 7. The van der Waals surface area contributed by atoms with Gasteiger partial charge < -0.3 is 15.6 Å². The number of primary amides is 1. The molecular weight excluding hydrogens is 479 g/mol. The number of ether oxygens (including phenoxy) is 1. The van der Waals surface area contributed by atoms with Crippen molar-refractivity contribution in [2.45, 2.75) is 37.6 Å². The molecule has 186 valence electrons. The number of aromatic carboxylic acids is 1. The smallest absolute Gasteiger partial charge is 0.416 e. The summed E-state index contributed by atoms with van der Waals surface area (Å²) in [6, 6.07) is 11.9. The Hall–Kier alpha value is -3.04. The molecule has 0 spiro atoms. The maximum absolute atomic E-state index is 13.2. The van der Waals surface area contributed by atoms with Gasteiger partial charge in [0.2, 0.25) is 5.91 Å². The van der Waals surface area contributed by atoms with Crippen LogP contribution in [0.4, 0.5) is 13.2 Å². The third-order valence-corrected chi connectivity index (χ3v) is 9.52. The third kappa shape index (κ3) is 5.16. The molecule has 0 saturated carbocycles. The fourth-order valence-corrected chi connectivity index (χ4v) is 8.05. The SMILES string of the molecule is C[C@@H](c1ccc(C(=O)O)cc1)[SH]1C2=C(CCOC2)C(C(N)=O)=C1CCc1cccc(C(F)(F)F)c1. The van der Waals surface area contributed by atoms with Crippen molar-refractivity contribution in [3.05, 3.63) is 91.7 Å². The Morgan fingerprint density at radius 2 is 1.86 bits per heavy atom. The molecule has 0 bridgehead atoms. The van der Waals surface area contributed by atoms with Gasteiger partial charge in [-0.1, -0.05) is 37.3 Å². The van der Waals surface area contributed by atoms with Crippen molar-refractivity contribution in [1.29, 1.82) is 0 Å². The summed E-state index contributed by atoms with van der Waals surface area (Å²) in [6.07, 6.45) is -3.14. The third-order valence-electron chi connectivity index (χ3n) is 6.43. The lowest BCUT2D eigenvalue weighted by Crippen LogP contribution is -2.18. The molecule has 2 aromatic rings. The molecule has 2 aliphatic rings. The van der Waals surface area contributed by atoms with Gasteiger partial charge in [0.15, 0.2) is 0 Å². The highest BCUT2D eigenvalue weighted by molar-refractivity contribution is 8.24. The van der Waals surface area contributed by atoms with Crippen LogP contribution in [0.5, 0.6) is 0 Å². The molecule has 0 fully saturated rings. The number of carboxylic acid groups (broad SMARTS) is 1. The average molecular weight is 506 g/mol. The molecule has 2 heterocycles. The van der Waals surface area contributed by atoms with E-state index in [1.165, 1.54) is 6.07 Å². The molecule has 2 aliphatic heterocycles. The number of carbonyl (C=O) groups is 2. The van der Waals surface area contributed by atoms with Gasteiger partial charge >= 0.3 is 12.1 Å². The molecule has 1 amide bonds. The first-order valence-electron chi connectivity index (χ1n) is 11.2. The minimum absolute atomic E-state index is 0.0621. The number of nitrogens with two attached hydrogens (primary N) is 1. The molecule has 5 nitrogen and oxygen atoms in total. The summed E-state index contributed by atoms with van der Waals surface area (Å²) in [5, 5.41) is 9.15. The number of carboxylic acids is 1. The zero-order valence-electron chi connectivity index (χ0n) is 19.1. The Kier molecular flexibility index (Phi) is 7.10. The fraction of sp³-hybridized carbons (Fsp3) is 0.308. The lowest BCUT2D eigenvalue weighted by atomic mass is 9.98. The number of benzene rings is 2. The van der Waals surface area contributed by atoms with Crippen LogP contribution < -0.4 is 5.73 Å². The number of alkyl halides is 3. The van der Waals surface area contributed by atoms with Crippen molar-refractivity contribution in [3.63, 3.8) is 0 Å². The zero-order valence-corrected chi connectivity index (χ0v) is 20.0. The van der Waals surface area contributed by atoms with Gasteiger partial charge in [-0.25, -0.2) is 4.79 Å². The molecule has 0 saturated heterocycles. The van der Waals surface area contributed by atoms with E-state index < -0.39 is 34.5 Å². The van der Waals surface area contributed by atoms with Gasteiger partial charge in [-0.3, -0.25) is 4.79 Å². The van der Waals surface area contributed by atoms with E-state index in [4.69, 9.17) is 10.5 Å². The summed E-state index contributed by atoms with van der Waals surface area (Å²) in [4.78, 5) is 25.7. The molecule has 4 rings (SSSR count). The molecule has 2 aromatic carbocycles. The van der Waals surface area contributed by atoms with E-state index in [0.717, 1.165) is 33.1 Å². The number of carbonyl (C=O) groups excluding carboxylic acids is 1. The second-order valence-electron chi connectivity index (χ2n) is 8.59. The summed E-state index contributed by atoms with van der Waals surface area (Å²) in [7, 11) is -1.06. The van der Waals surface area contributed by atoms with Crippen LogP contribution in [0.1, 0.15) is 52.1 Å². The molecule has 1 unspecified atom stereocenters. The number of aryl methyl sites for hydroxylation is 1. The van der Waals surface area contributed by atoms with Gasteiger partial charge in [-0.15, -0.1) is 0 Å². The van der Waals surface area contributed by atoms with Gasteiger partial charge in [0, 0.05) is 5.25 Å². The van der Waals surface area contributed by atoms with Crippen LogP contribution in [0, 0.1) is 0 Å². The minimum Gasteiger partial charge on any atom is -0.478 e. The maximum Gasteiger partial charge on any atom is 0.416 e. The Morgan fingerprint density at radius 3 is 2.49 bits per heavy atom. The zero-order chi connectivity index (χ0) is 25.3. The molecule has 0 radical (unpaired) electrons. The van der Waals surface area contributed by atoms with Gasteiger partial charge in [0.25, 0.3) is 0 Å². The van der Waals surface area contributed by atoms with Crippen LogP contribution in [-0.2, 0) is 22.1 Å². The van der Waals surface area contributed by atoms with E-state index in [1.54, 1.807) is 30.3 Å². The minimum atomic E-state index is -4.43. The van der Waals surface area contributed by atoms with Gasteiger partial charge in [0.1, 0.15) is 0 Å². The maximum atomic E-state index is 13.2. The van der Waals surface area contributed by atoms with Gasteiger partial charge in [0.05, 0.1) is 29.9 Å². The van der Waals surface area contributed by atoms with Crippen molar-refractivity contribution in [3.8, 4) is 0 Å². The normalized spacial score (nSPS) is 20.1. The van der Waals surface area contributed by atoms with Crippen LogP contribution in [0.25, 0.3) is 0 Å². The monoisotopic (exact) mass is 505 g/mol. The molecule has 0 aliphatic carbocycles. The lowest BCUT2D eigenvalue weighted by molar-refractivity contribution is -0.137. The molecule has 3 N–H and O–H groups in total. The van der Waals surface area contributed by atoms with Crippen molar-refractivity contribution < 1.29 is 32.6 Å². The van der Waals surface area contributed by atoms with Crippen molar-refractivity contribution in [2.24, 2.45) is 5.73 Å².